The lowest BCUT2D eigenvalue weighted by atomic mass is 9.64. The molecule has 12 heteroatoms. The van der Waals surface area contributed by atoms with Gasteiger partial charge in [-0.2, -0.15) is 0 Å². The van der Waals surface area contributed by atoms with Crippen molar-refractivity contribution in [2.45, 2.75) is 0 Å². The van der Waals surface area contributed by atoms with Crippen LogP contribution in [0, 0.1) is 0 Å². The molecule has 10 rings (SSSR count). The van der Waals surface area contributed by atoms with Gasteiger partial charge in [-0.25, -0.2) is 15.0 Å². The largest absolute Gasteiger partial charge is 0.454 e. The Morgan fingerprint density at radius 3 is 1.77 bits per heavy atom. The van der Waals surface area contributed by atoms with Gasteiger partial charge in [-0.3, -0.25) is 0 Å². The molecule has 7 aromatic carbocycles. The van der Waals surface area contributed by atoms with Crippen LogP contribution in [0.1, 0.15) is 0 Å². The third kappa shape index (κ3) is 5.45. The Balaban J connectivity index is 1.25. The van der Waals surface area contributed by atoms with E-state index in [9.17, 15) is 0 Å². The van der Waals surface area contributed by atoms with Crippen LogP contribution >= 0.6 is 0 Å². The Morgan fingerprint density at radius 2 is 1.02 bits per heavy atom. The second kappa shape index (κ2) is 13.4. The van der Waals surface area contributed by atoms with E-state index in [4.69, 9.17) is 19.4 Å². The summed E-state index contributed by atoms with van der Waals surface area (Å²) >= 11 is 0. The van der Waals surface area contributed by atoms with Crippen molar-refractivity contribution in [1.82, 2.24) is 19.5 Å². The fraction of sp³-hybridized carbons (Fsp3) is 0. The van der Waals surface area contributed by atoms with Gasteiger partial charge in [-0.1, -0.05) is 142 Å². The van der Waals surface area contributed by atoms with Crippen LogP contribution in [0.25, 0.3) is 94.7 Å². The monoisotopic (exact) mass is 724 g/mol. The van der Waals surface area contributed by atoms with Gasteiger partial charge in [0, 0.05) is 38.5 Å². The predicted octanol–water partition coefficient (Wildman–Crippen LogP) is -0.655. The highest BCUT2D eigenvalue weighted by Crippen LogP contribution is 2.40. The van der Waals surface area contributed by atoms with Gasteiger partial charge in [-0.15, -0.1) is 5.46 Å². The summed E-state index contributed by atoms with van der Waals surface area (Å²) in [5, 5.41) is 4.64. The molecule has 0 aliphatic carbocycles. The fourth-order valence-electron chi connectivity index (χ4n) is 8.90. The molecule has 5 nitrogen and oxygen atoms in total. The molecule has 0 atom stereocenters. The molecule has 3 aromatic heterocycles. The average molecular weight is 723 g/mol. The number of aromatic nitrogens is 4. The smallest absolute Gasteiger partial charge is 0.164 e. The summed E-state index contributed by atoms with van der Waals surface area (Å²) in [6.45, 7) is 0. The molecule has 57 heavy (non-hydrogen) atoms. The van der Waals surface area contributed by atoms with E-state index in [2.05, 4.69) is 144 Å². The van der Waals surface area contributed by atoms with Gasteiger partial charge in [0.15, 0.2) is 23.1 Å². The van der Waals surface area contributed by atoms with Crippen LogP contribution in [0.2, 0.25) is 0 Å². The maximum absolute atomic E-state index is 6.99. The van der Waals surface area contributed by atoms with Gasteiger partial charge < -0.3 is 8.98 Å². The number of nitrogens with zero attached hydrogens (tertiary/aromatic N) is 4. The van der Waals surface area contributed by atoms with Crippen LogP contribution in [0.15, 0.2) is 132 Å². The van der Waals surface area contributed by atoms with E-state index in [0.717, 1.165) is 55.4 Å². The van der Waals surface area contributed by atoms with Crippen molar-refractivity contribution >= 4 is 137 Å². The summed E-state index contributed by atoms with van der Waals surface area (Å²) in [5.41, 5.74) is 19.3. The van der Waals surface area contributed by atoms with Crippen LogP contribution < -0.4 is 38.2 Å². The Kier molecular flexibility index (Phi) is 8.22. The number of para-hydroxylation sites is 1. The molecule has 10 aromatic rings. The van der Waals surface area contributed by atoms with Gasteiger partial charge in [0.05, 0.1) is 5.69 Å². The minimum atomic E-state index is 0.596. The molecular weight excluding hydrogens is 688 g/mol. The number of hydrogen-bond donors (Lipinski definition) is 0. The second-order valence-corrected chi connectivity index (χ2v) is 15.5. The summed E-state index contributed by atoms with van der Waals surface area (Å²) in [6.07, 6.45) is 0. The molecule has 0 bridgehead atoms. The van der Waals surface area contributed by atoms with Crippen molar-refractivity contribution in [3.63, 3.8) is 0 Å². The van der Waals surface area contributed by atoms with Crippen LogP contribution in [-0.2, 0) is 0 Å². The number of hydrogen-bond acceptors (Lipinski definition) is 4. The zero-order valence-electron chi connectivity index (χ0n) is 33.3. The summed E-state index contributed by atoms with van der Waals surface area (Å²) in [5.74, 6) is 1.83. The van der Waals surface area contributed by atoms with E-state index in [1.165, 1.54) is 60.0 Å². The fourth-order valence-corrected chi connectivity index (χ4v) is 8.90. The quantitative estimate of drug-likeness (QED) is 0.222. The average Bonchev–Trinajstić information content (AvgIpc) is 3.82. The molecule has 0 saturated heterocycles. The summed E-state index contributed by atoms with van der Waals surface area (Å²) < 4.78 is 9.46. The first-order valence-electron chi connectivity index (χ1n) is 19.6. The van der Waals surface area contributed by atoms with Crippen molar-refractivity contribution < 1.29 is 4.42 Å². The normalized spacial score (nSPS) is 11.6. The molecule has 3 heterocycles. The van der Waals surface area contributed by atoms with E-state index < -0.39 is 0 Å². The van der Waals surface area contributed by atoms with Crippen molar-refractivity contribution in [1.29, 1.82) is 0 Å². The third-order valence-electron chi connectivity index (χ3n) is 12.2. The van der Waals surface area contributed by atoms with E-state index in [0.29, 0.717) is 17.5 Å². The molecule has 0 unspecified atom stereocenters. The molecule has 0 N–H and O–H groups in total. The molecule has 0 fully saturated rings. The zero-order valence-corrected chi connectivity index (χ0v) is 33.3. The summed E-state index contributed by atoms with van der Waals surface area (Å²) in [6, 6.07) is 44.0. The van der Waals surface area contributed by atoms with E-state index >= 15 is 0 Å². The van der Waals surface area contributed by atoms with Crippen LogP contribution in [-0.4, -0.2) is 74.4 Å². The minimum absolute atomic E-state index is 0.596. The van der Waals surface area contributed by atoms with Crippen LogP contribution in [0.3, 0.4) is 0 Å². The summed E-state index contributed by atoms with van der Waals surface area (Å²) in [4.78, 5) is 15.5. The first kappa shape index (κ1) is 35.0. The molecule has 0 amide bonds. The lowest BCUT2D eigenvalue weighted by Gasteiger charge is -2.16. The molecule has 0 aliphatic heterocycles. The first-order chi connectivity index (χ1) is 27.7. The molecule has 0 saturated carbocycles. The van der Waals surface area contributed by atoms with Crippen molar-refractivity contribution in [3.8, 4) is 51.0 Å². The minimum Gasteiger partial charge on any atom is -0.454 e. The third-order valence-corrected chi connectivity index (χ3v) is 12.2. The van der Waals surface area contributed by atoms with E-state index in [1.807, 2.05) is 42.5 Å². The highest BCUT2D eigenvalue weighted by molar-refractivity contribution is 6.69. The number of rotatable bonds is 5. The standard InChI is InChI=1S/C45H35B7N4O/c46-28-21-29(47)40-33(35(28)48)34-36(49)37(50)38(51)39(52)41(34)56(40)30-18-8-16-26-32-27(17-9-19-31(32)57-42(26)30)45-54-43(23-12-5-2-6-13-23)53-44(55-45)25-15-7-14-24(20-25)22-10-3-1-4-11-22/h1-21H,46-52H2. The van der Waals surface area contributed by atoms with E-state index in [1.54, 1.807) is 0 Å². The van der Waals surface area contributed by atoms with Crippen LogP contribution in [0.4, 0.5) is 0 Å². The first-order valence-corrected chi connectivity index (χ1v) is 19.6. The lowest BCUT2D eigenvalue weighted by molar-refractivity contribution is 0.666. The summed E-state index contributed by atoms with van der Waals surface area (Å²) in [7, 11) is 15.8. The van der Waals surface area contributed by atoms with Crippen LogP contribution in [0.5, 0.6) is 0 Å². The van der Waals surface area contributed by atoms with Gasteiger partial charge in [0.2, 0.25) is 0 Å². The van der Waals surface area contributed by atoms with Crippen molar-refractivity contribution in [3.05, 3.63) is 127 Å². The van der Waals surface area contributed by atoms with Gasteiger partial charge in [-0.05, 0) is 40.1 Å². The molecule has 0 aliphatic rings. The topological polar surface area (TPSA) is 56.7 Å². The Bertz CT molecular complexity index is 3270. The maximum atomic E-state index is 6.99. The highest BCUT2D eigenvalue weighted by Gasteiger charge is 2.25. The van der Waals surface area contributed by atoms with E-state index in [-0.39, 0.29) is 0 Å². The second-order valence-electron chi connectivity index (χ2n) is 15.5. The molecule has 0 spiro atoms. The van der Waals surface area contributed by atoms with Gasteiger partial charge >= 0.3 is 0 Å². The Morgan fingerprint density at radius 1 is 0.421 bits per heavy atom. The number of furan rings is 1. The zero-order chi connectivity index (χ0) is 39.1. The molecular formula is C45H35B7N4O. The Labute approximate surface area is 337 Å². The molecule has 0 radical (unpaired) electrons. The predicted molar refractivity (Wildman–Crippen MR) is 260 cm³/mol. The molecule has 262 valence electrons. The van der Waals surface area contributed by atoms with Gasteiger partial charge in [0.1, 0.15) is 60.5 Å². The van der Waals surface area contributed by atoms with Crippen molar-refractivity contribution in [2.75, 3.05) is 0 Å². The SMILES string of the molecule is Bc1cc(B)c2c(c1B)c1c(B)c(B)c(B)c(B)c1n2-c1cccc2c1oc1cccc(-c3nc(-c4ccccc4)nc(-c4cccc(-c5ccccc5)c4)n3)c12. The number of fused-ring (bicyclic) bond motifs is 6. The van der Waals surface area contributed by atoms with Crippen molar-refractivity contribution in [2.24, 2.45) is 0 Å². The highest BCUT2D eigenvalue weighted by atomic mass is 16.3. The Hall–Kier alpha value is -6.40. The lowest BCUT2D eigenvalue weighted by Crippen LogP contribution is -2.48. The number of benzene rings is 7. The van der Waals surface area contributed by atoms with Gasteiger partial charge in [0.25, 0.3) is 0 Å². The maximum Gasteiger partial charge on any atom is 0.164 e.